The van der Waals surface area contributed by atoms with E-state index in [4.69, 9.17) is 26.2 Å². The zero-order chi connectivity index (χ0) is 18.6. The molecule has 28 heavy (non-hydrogen) atoms. The first-order chi connectivity index (χ1) is 12.7. The van der Waals surface area contributed by atoms with Gasteiger partial charge in [0.25, 0.3) is 0 Å². The Labute approximate surface area is 184 Å². The molecule has 0 heterocycles. The molecule has 0 radical (unpaired) electrons. The molecule has 5 nitrogen and oxygen atoms in total. The van der Waals surface area contributed by atoms with Gasteiger partial charge in [0.2, 0.25) is 0 Å². The van der Waals surface area contributed by atoms with E-state index in [1.165, 1.54) is 0 Å². The zero-order valence-electron chi connectivity index (χ0n) is 15.9. The Morgan fingerprint density at radius 1 is 0.929 bits per heavy atom. The van der Waals surface area contributed by atoms with Gasteiger partial charge in [-0.1, -0.05) is 29.8 Å². The SMILES string of the molecule is COc1cc(CNCCCNCCO)ccc1OCc1cccc(Cl)c1.Cl.Cl. The van der Waals surface area contributed by atoms with Gasteiger partial charge in [-0.15, -0.1) is 24.8 Å². The van der Waals surface area contributed by atoms with Gasteiger partial charge in [0, 0.05) is 18.1 Å². The Hall–Kier alpha value is -1.21. The summed E-state index contributed by atoms with van der Waals surface area (Å²) in [5.41, 5.74) is 2.15. The van der Waals surface area contributed by atoms with Gasteiger partial charge in [-0.05, 0) is 54.9 Å². The van der Waals surface area contributed by atoms with E-state index in [-0.39, 0.29) is 31.4 Å². The first-order valence-corrected chi connectivity index (χ1v) is 9.17. The molecule has 0 amide bonds. The average Bonchev–Trinajstić information content (AvgIpc) is 2.66. The minimum Gasteiger partial charge on any atom is -0.493 e. The molecular weight excluding hydrogens is 423 g/mol. The molecule has 0 aromatic heterocycles. The molecule has 0 fully saturated rings. The van der Waals surface area contributed by atoms with Crippen molar-refractivity contribution in [1.82, 2.24) is 10.6 Å². The molecule has 0 bridgehead atoms. The second-order valence-corrected chi connectivity index (χ2v) is 6.34. The number of hydrogen-bond acceptors (Lipinski definition) is 5. The largest absolute Gasteiger partial charge is 0.493 e. The van der Waals surface area contributed by atoms with Crippen LogP contribution in [0.2, 0.25) is 5.02 Å². The lowest BCUT2D eigenvalue weighted by atomic mass is 10.2. The molecular formula is C20H29Cl3N2O3. The standard InChI is InChI=1S/C20H27ClN2O3.2ClH/c1-25-20-13-16(14-23-9-3-8-22-10-11-24)6-7-19(20)26-15-17-4-2-5-18(21)12-17;;/h2,4-7,12-13,22-24H,3,8-11,14-15H2,1H3;2*1H. The Morgan fingerprint density at radius 2 is 1.71 bits per heavy atom. The highest BCUT2D eigenvalue weighted by atomic mass is 35.5. The van der Waals surface area contributed by atoms with E-state index in [0.717, 1.165) is 42.9 Å². The van der Waals surface area contributed by atoms with Crippen LogP contribution >= 0.6 is 36.4 Å². The van der Waals surface area contributed by atoms with Crippen molar-refractivity contribution in [2.75, 3.05) is 33.4 Å². The average molecular weight is 452 g/mol. The maximum absolute atomic E-state index is 8.70. The fourth-order valence-electron chi connectivity index (χ4n) is 2.50. The molecule has 0 spiro atoms. The predicted octanol–water partition coefficient (Wildman–Crippen LogP) is 3.83. The molecule has 0 saturated heterocycles. The van der Waals surface area contributed by atoms with E-state index in [0.29, 0.717) is 23.9 Å². The number of ether oxygens (including phenoxy) is 2. The van der Waals surface area contributed by atoms with Crippen LogP contribution in [0, 0.1) is 0 Å². The highest BCUT2D eigenvalue weighted by molar-refractivity contribution is 6.30. The number of rotatable bonds is 12. The molecule has 3 N–H and O–H groups in total. The lowest BCUT2D eigenvalue weighted by Crippen LogP contribution is -2.23. The summed E-state index contributed by atoms with van der Waals surface area (Å²) in [6, 6.07) is 13.6. The molecule has 0 unspecified atom stereocenters. The fourth-order valence-corrected chi connectivity index (χ4v) is 2.72. The van der Waals surface area contributed by atoms with Crippen molar-refractivity contribution in [3.05, 3.63) is 58.6 Å². The number of nitrogens with one attached hydrogen (secondary N) is 2. The quantitative estimate of drug-likeness (QED) is 0.428. The number of aliphatic hydroxyl groups excluding tert-OH is 1. The monoisotopic (exact) mass is 450 g/mol. The molecule has 0 aliphatic rings. The molecule has 2 aromatic carbocycles. The van der Waals surface area contributed by atoms with Crippen LogP contribution in [0.4, 0.5) is 0 Å². The first kappa shape index (κ1) is 26.8. The third-order valence-corrected chi connectivity index (χ3v) is 4.07. The van der Waals surface area contributed by atoms with Crippen LogP contribution < -0.4 is 20.1 Å². The van der Waals surface area contributed by atoms with Crippen LogP contribution in [0.25, 0.3) is 0 Å². The maximum Gasteiger partial charge on any atom is 0.161 e. The molecule has 2 aromatic rings. The van der Waals surface area contributed by atoms with E-state index in [2.05, 4.69) is 10.6 Å². The highest BCUT2D eigenvalue weighted by Crippen LogP contribution is 2.29. The normalized spacial score (nSPS) is 9.96. The number of aliphatic hydroxyl groups is 1. The van der Waals surface area contributed by atoms with Crippen LogP contribution in [0.5, 0.6) is 11.5 Å². The third kappa shape index (κ3) is 9.82. The summed E-state index contributed by atoms with van der Waals surface area (Å²) in [6.07, 6.45) is 1.01. The second-order valence-electron chi connectivity index (χ2n) is 5.91. The number of halogens is 3. The molecule has 8 heteroatoms. The Balaban J connectivity index is 0.00000364. The Kier molecular flexibility index (Phi) is 15.0. The fraction of sp³-hybridized carbons (Fsp3) is 0.400. The highest BCUT2D eigenvalue weighted by Gasteiger charge is 2.06. The topological polar surface area (TPSA) is 62.8 Å². The Bertz CT molecular complexity index is 675. The minimum atomic E-state index is 0. The number of hydrogen-bond donors (Lipinski definition) is 3. The van der Waals surface area contributed by atoms with Gasteiger partial charge in [0.15, 0.2) is 11.5 Å². The lowest BCUT2D eigenvalue weighted by Gasteiger charge is -2.13. The first-order valence-electron chi connectivity index (χ1n) is 8.79. The summed E-state index contributed by atoms with van der Waals surface area (Å²) in [5.74, 6) is 1.43. The second kappa shape index (κ2) is 15.7. The summed E-state index contributed by atoms with van der Waals surface area (Å²) in [5, 5.41) is 16.0. The summed E-state index contributed by atoms with van der Waals surface area (Å²) in [6.45, 7) is 3.84. The van der Waals surface area contributed by atoms with Crippen molar-refractivity contribution in [3.63, 3.8) is 0 Å². The van der Waals surface area contributed by atoms with Crippen molar-refractivity contribution in [2.24, 2.45) is 0 Å². The number of methoxy groups -OCH3 is 1. The van der Waals surface area contributed by atoms with Gasteiger partial charge < -0.3 is 25.2 Å². The lowest BCUT2D eigenvalue weighted by molar-refractivity contribution is 0.284. The minimum absolute atomic E-state index is 0. The molecule has 0 saturated carbocycles. The molecule has 2 rings (SSSR count). The summed E-state index contributed by atoms with van der Waals surface area (Å²) < 4.78 is 11.3. The van der Waals surface area contributed by atoms with Crippen molar-refractivity contribution >= 4 is 36.4 Å². The van der Waals surface area contributed by atoms with Crippen LogP contribution in [-0.4, -0.2) is 38.5 Å². The summed E-state index contributed by atoms with van der Waals surface area (Å²) >= 11 is 6.00. The molecule has 0 atom stereocenters. The Morgan fingerprint density at radius 3 is 2.43 bits per heavy atom. The van der Waals surface area contributed by atoms with Crippen LogP contribution in [-0.2, 0) is 13.2 Å². The third-order valence-electron chi connectivity index (χ3n) is 3.84. The maximum atomic E-state index is 8.70. The van der Waals surface area contributed by atoms with Gasteiger partial charge in [0.05, 0.1) is 13.7 Å². The summed E-state index contributed by atoms with van der Waals surface area (Å²) in [7, 11) is 1.64. The number of benzene rings is 2. The van der Waals surface area contributed by atoms with E-state index >= 15 is 0 Å². The van der Waals surface area contributed by atoms with Crippen molar-refractivity contribution in [1.29, 1.82) is 0 Å². The van der Waals surface area contributed by atoms with Crippen molar-refractivity contribution in [3.8, 4) is 11.5 Å². The van der Waals surface area contributed by atoms with Gasteiger partial charge in [-0.3, -0.25) is 0 Å². The van der Waals surface area contributed by atoms with E-state index in [1.807, 2.05) is 42.5 Å². The van der Waals surface area contributed by atoms with Gasteiger partial charge in [-0.25, -0.2) is 0 Å². The van der Waals surface area contributed by atoms with E-state index in [9.17, 15) is 0 Å². The summed E-state index contributed by atoms with van der Waals surface area (Å²) in [4.78, 5) is 0. The van der Waals surface area contributed by atoms with E-state index in [1.54, 1.807) is 7.11 Å². The van der Waals surface area contributed by atoms with Crippen LogP contribution in [0.15, 0.2) is 42.5 Å². The molecule has 0 aliphatic carbocycles. The smallest absolute Gasteiger partial charge is 0.161 e. The zero-order valence-corrected chi connectivity index (χ0v) is 18.3. The predicted molar refractivity (Wildman–Crippen MR) is 120 cm³/mol. The van der Waals surface area contributed by atoms with Crippen LogP contribution in [0.1, 0.15) is 17.5 Å². The van der Waals surface area contributed by atoms with Gasteiger partial charge in [-0.2, -0.15) is 0 Å². The van der Waals surface area contributed by atoms with Crippen molar-refractivity contribution in [2.45, 2.75) is 19.6 Å². The van der Waals surface area contributed by atoms with Crippen LogP contribution in [0.3, 0.4) is 0 Å². The van der Waals surface area contributed by atoms with E-state index < -0.39 is 0 Å². The molecule has 158 valence electrons. The van der Waals surface area contributed by atoms with Crippen molar-refractivity contribution < 1.29 is 14.6 Å². The van der Waals surface area contributed by atoms with Gasteiger partial charge in [0.1, 0.15) is 6.61 Å². The molecule has 0 aliphatic heterocycles. The van der Waals surface area contributed by atoms with Gasteiger partial charge >= 0.3 is 0 Å².